The summed E-state index contributed by atoms with van der Waals surface area (Å²) in [5, 5.41) is 13.1. The van der Waals surface area contributed by atoms with E-state index in [9.17, 15) is 0 Å². The van der Waals surface area contributed by atoms with Crippen LogP contribution >= 0.6 is 0 Å². The second-order valence-corrected chi connectivity index (χ2v) is 3.91. The third kappa shape index (κ3) is 2.59. The number of benzene rings is 1. The molecule has 0 aliphatic carbocycles. The van der Waals surface area contributed by atoms with Crippen LogP contribution in [0.15, 0.2) is 35.4 Å². The molecule has 1 aromatic rings. The van der Waals surface area contributed by atoms with Gasteiger partial charge in [0.25, 0.3) is 0 Å². The molecule has 0 atom stereocenters. The van der Waals surface area contributed by atoms with Crippen LogP contribution in [0, 0.1) is 5.41 Å². The molecule has 1 aliphatic heterocycles. The van der Waals surface area contributed by atoms with Gasteiger partial charge in [-0.15, -0.1) is 0 Å². The molecule has 0 amide bonds. The van der Waals surface area contributed by atoms with E-state index in [1.807, 2.05) is 18.2 Å². The molecule has 0 saturated heterocycles. The van der Waals surface area contributed by atoms with Crippen molar-refractivity contribution < 1.29 is 0 Å². The number of hydrogen-bond donors (Lipinski definition) is 2. The van der Waals surface area contributed by atoms with Gasteiger partial charge in [-0.3, -0.25) is 5.41 Å². The van der Waals surface area contributed by atoms with Gasteiger partial charge in [-0.1, -0.05) is 30.3 Å². The molecule has 1 heterocycles. The highest BCUT2D eigenvalue weighted by Gasteiger charge is 2.15. The molecule has 4 heteroatoms. The monoisotopic (exact) mass is 216 g/mol. The molecular formula is C12H16N4. The summed E-state index contributed by atoms with van der Waals surface area (Å²) in [6.07, 6.45) is 2.88. The number of nitrogens with one attached hydrogen (secondary N) is 1. The molecule has 0 bridgehead atoms. The van der Waals surface area contributed by atoms with Gasteiger partial charge < -0.3 is 5.73 Å². The zero-order valence-corrected chi connectivity index (χ0v) is 9.19. The number of hydrogen-bond acceptors (Lipinski definition) is 2. The number of hydrazone groups is 1. The van der Waals surface area contributed by atoms with Gasteiger partial charge in [0, 0.05) is 18.7 Å². The second kappa shape index (κ2) is 4.79. The summed E-state index contributed by atoms with van der Waals surface area (Å²) in [6, 6.07) is 10.4. The molecule has 16 heavy (non-hydrogen) atoms. The Morgan fingerprint density at radius 2 is 2.06 bits per heavy atom. The fraction of sp³-hybridized carbons (Fsp3) is 0.333. The Morgan fingerprint density at radius 3 is 2.69 bits per heavy atom. The summed E-state index contributed by atoms with van der Waals surface area (Å²) < 4.78 is 0. The average molecular weight is 216 g/mol. The van der Waals surface area contributed by atoms with Gasteiger partial charge in [-0.2, -0.15) is 5.10 Å². The largest absolute Gasteiger partial charge is 0.369 e. The summed E-state index contributed by atoms with van der Waals surface area (Å²) >= 11 is 0. The highest BCUT2D eigenvalue weighted by Crippen LogP contribution is 2.11. The minimum absolute atomic E-state index is 0.0368. The molecule has 1 aliphatic rings. The van der Waals surface area contributed by atoms with E-state index in [0.29, 0.717) is 0 Å². The van der Waals surface area contributed by atoms with Gasteiger partial charge in [-0.25, -0.2) is 5.01 Å². The Bertz CT molecular complexity index is 397. The van der Waals surface area contributed by atoms with Crippen molar-refractivity contribution in [1.29, 1.82) is 5.41 Å². The van der Waals surface area contributed by atoms with Gasteiger partial charge >= 0.3 is 0 Å². The topological polar surface area (TPSA) is 65.5 Å². The van der Waals surface area contributed by atoms with Crippen LogP contribution in [0.1, 0.15) is 18.4 Å². The molecule has 3 N–H and O–H groups in total. The first-order valence-electron chi connectivity index (χ1n) is 5.47. The first-order valence-corrected chi connectivity index (χ1v) is 5.47. The molecule has 2 rings (SSSR count). The van der Waals surface area contributed by atoms with Crippen LogP contribution in [-0.2, 0) is 6.42 Å². The highest BCUT2D eigenvalue weighted by atomic mass is 15.5. The Morgan fingerprint density at radius 1 is 1.31 bits per heavy atom. The van der Waals surface area contributed by atoms with Crippen LogP contribution < -0.4 is 5.73 Å². The van der Waals surface area contributed by atoms with E-state index < -0.39 is 0 Å². The molecule has 1 aromatic carbocycles. The maximum absolute atomic E-state index is 7.27. The first kappa shape index (κ1) is 10.7. The molecule has 0 aromatic heterocycles. The summed E-state index contributed by atoms with van der Waals surface area (Å²) in [5.74, 6) is 0.0368. The molecule has 84 valence electrons. The predicted octanol–water partition coefficient (Wildman–Crippen LogP) is 1.57. The number of rotatable bonds is 3. The Kier molecular flexibility index (Phi) is 3.19. The van der Waals surface area contributed by atoms with Gasteiger partial charge in [0.1, 0.15) is 0 Å². The van der Waals surface area contributed by atoms with Crippen molar-refractivity contribution in [3.63, 3.8) is 0 Å². The smallest absolute Gasteiger partial charge is 0.209 e. The van der Waals surface area contributed by atoms with Gasteiger partial charge in [0.15, 0.2) is 0 Å². The average Bonchev–Trinajstić information content (AvgIpc) is 2.76. The van der Waals surface area contributed by atoms with Crippen LogP contribution in [0.4, 0.5) is 0 Å². The standard InChI is InChI=1S/C12H16N4/c13-12(14)16-9-8-11(15-16)7-6-10-4-2-1-3-5-10/h1-5H,6-9H2,(H3,13,14). The predicted molar refractivity (Wildman–Crippen MR) is 65.4 cm³/mol. The highest BCUT2D eigenvalue weighted by molar-refractivity contribution is 5.89. The van der Waals surface area contributed by atoms with Crippen LogP contribution in [0.2, 0.25) is 0 Å². The zero-order chi connectivity index (χ0) is 11.4. The normalized spacial score (nSPS) is 15.0. The third-order valence-electron chi connectivity index (χ3n) is 2.70. The lowest BCUT2D eigenvalue weighted by atomic mass is 10.1. The maximum Gasteiger partial charge on any atom is 0.209 e. The molecular weight excluding hydrogens is 200 g/mol. The molecule has 0 unspecified atom stereocenters. The summed E-state index contributed by atoms with van der Waals surface area (Å²) in [7, 11) is 0. The maximum atomic E-state index is 7.27. The summed E-state index contributed by atoms with van der Waals surface area (Å²) in [4.78, 5) is 0. The Balaban J connectivity index is 1.88. The fourth-order valence-corrected chi connectivity index (χ4v) is 1.79. The number of aryl methyl sites for hydroxylation is 1. The lowest BCUT2D eigenvalue weighted by Crippen LogP contribution is -2.29. The lowest BCUT2D eigenvalue weighted by Gasteiger charge is -2.08. The van der Waals surface area contributed by atoms with Crippen molar-refractivity contribution in [3.05, 3.63) is 35.9 Å². The van der Waals surface area contributed by atoms with Crippen molar-refractivity contribution in [3.8, 4) is 0 Å². The van der Waals surface area contributed by atoms with Crippen LogP contribution in [0.25, 0.3) is 0 Å². The van der Waals surface area contributed by atoms with E-state index in [2.05, 4.69) is 17.2 Å². The van der Waals surface area contributed by atoms with E-state index in [1.54, 1.807) is 5.01 Å². The van der Waals surface area contributed by atoms with Gasteiger partial charge in [0.2, 0.25) is 5.96 Å². The second-order valence-electron chi connectivity index (χ2n) is 3.91. The number of nitrogens with two attached hydrogens (primary N) is 1. The van der Waals surface area contributed by atoms with Crippen molar-refractivity contribution >= 4 is 11.7 Å². The number of guanidine groups is 1. The van der Waals surface area contributed by atoms with Crippen molar-refractivity contribution in [2.75, 3.05) is 6.54 Å². The van der Waals surface area contributed by atoms with Gasteiger partial charge in [-0.05, 0) is 18.4 Å². The molecule has 0 fully saturated rings. The fourth-order valence-electron chi connectivity index (χ4n) is 1.79. The zero-order valence-electron chi connectivity index (χ0n) is 9.19. The van der Waals surface area contributed by atoms with Crippen molar-refractivity contribution in [1.82, 2.24) is 5.01 Å². The lowest BCUT2D eigenvalue weighted by molar-refractivity contribution is 0.481. The molecule has 0 saturated carbocycles. The third-order valence-corrected chi connectivity index (χ3v) is 2.70. The minimum atomic E-state index is 0.0368. The van der Waals surface area contributed by atoms with E-state index in [1.165, 1.54) is 5.56 Å². The Labute approximate surface area is 95.3 Å². The SMILES string of the molecule is N=C(N)N1CCC(CCc2ccccc2)=N1. The van der Waals surface area contributed by atoms with E-state index >= 15 is 0 Å². The van der Waals surface area contributed by atoms with Crippen molar-refractivity contribution in [2.24, 2.45) is 10.8 Å². The van der Waals surface area contributed by atoms with Crippen LogP contribution in [0.5, 0.6) is 0 Å². The molecule has 4 nitrogen and oxygen atoms in total. The van der Waals surface area contributed by atoms with E-state index in [4.69, 9.17) is 11.1 Å². The van der Waals surface area contributed by atoms with Crippen LogP contribution in [-0.4, -0.2) is 23.2 Å². The summed E-state index contributed by atoms with van der Waals surface area (Å²) in [5.41, 5.74) is 7.83. The van der Waals surface area contributed by atoms with Crippen LogP contribution in [0.3, 0.4) is 0 Å². The molecule has 0 radical (unpaired) electrons. The molecule has 0 spiro atoms. The van der Waals surface area contributed by atoms with E-state index in [-0.39, 0.29) is 5.96 Å². The Hall–Kier alpha value is -1.84. The summed E-state index contributed by atoms with van der Waals surface area (Å²) in [6.45, 7) is 0.749. The first-order chi connectivity index (χ1) is 7.75. The van der Waals surface area contributed by atoms with E-state index in [0.717, 1.165) is 31.5 Å². The quantitative estimate of drug-likeness (QED) is 0.595. The number of nitrogens with zero attached hydrogens (tertiary/aromatic N) is 2. The van der Waals surface area contributed by atoms with Crippen molar-refractivity contribution in [2.45, 2.75) is 19.3 Å². The minimum Gasteiger partial charge on any atom is -0.369 e. The van der Waals surface area contributed by atoms with Gasteiger partial charge in [0.05, 0.1) is 0 Å².